The Morgan fingerprint density at radius 3 is 2.88 bits per heavy atom. The van der Waals surface area contributed by atoms with Gasteiger partial charge in [0.15, 0.2) is 0 Å². The third-order valence-corrected chi connectivity index (χ3v) is 5.09. The largest absolute Gasteiger partial charge is 0.379 e. The molecule has 7 heteroatoms. The van der Waals surface area contributed by atoms with E-state index >= 15 is 0 Å². The van der Waals surface area contributed by atoms with Crippen molar-refractivity contribution in [2.24, 2.45) is 0 Å². The molecule has 0 N–H and O–H groups in total. The van der Waals surface area contributed by atoms with Crippen molar-refractivity contribution >= 4 is 22.6 Å². The fourth-order valence-corrected chi connectivity index (χ4v) is 3.51. The zero-order valence-electron chi connectivity index (χ0n) is 15.0. The van der Waals surface area contributed by atoms with Crippen LogP contribution in [-0.2, 0) is 11.3 Å². The SMILES string of the molecule is COC1CN(CCCn2cc(-c3cnc4ccc(Cl)nc4c3)c(C)n2)C1. The van der Waals surface area contributed by atoms with Crippen molar-refractivity contribution in [1.82, 2.24) is 24.6 Å². The van der Waals surface area contributed by atoms with Gasteiger partial charge in [-0.1, -0.05) is 11.6 Å². The molecule has 0 unspecified atom stereocenters. The highest BCUT2D eigenvalue weighted by molar-refractivity contribution is 6.29. The Balaban J connectivity index is 1.44. The number of hydrogen-bond donors (Lipinski definition) is 0. The summed E-state index contributed by atoms with van der Waals surface area (Å²) in [6.07, 6.45) is 5.45. The first-order valence-electron chi connectivity index (χ1n) is 8.84. The number of rotatable bonds is 6. The molecule has 0 spiro atoms. The van der Waals surface area contributed by atoms with Crippen LogP contribution in [0.4, 0.5) is 0 Å². The van der Waals surface area contributed by atoms with Crippen molar-refractivity contribution in [2.75, 3.05) is 26.7 Å². The number of methoxy groups -OCH3 is 1. The second kappa shape index (κ2) is 7.31. The number of nitrogens with zero attached hydrogens (tertiary/aromatic N) is 5. The minimum absolute atomic E-state index is 0.413. The van der Waals surface area contributed by atoms with Gasteiger partial charge in [0, 0.05) is 56.8 Å². The maximum Gasteiger partial charge on any atom is 0.129 e. The number of aromatic nitrogens is 4. The van der Waals surface area contributed by atoms with E-state index in [-0.39, 0.29) is 0 Å². The van der Waals surface area contributed by atoms with Crippen LogP contribution in [0.15, 0.2) is 30.6 Å². The molecule has 0 atom stereocenters. The van der Waals surface area contributed by atoms with E-state index in [1.807, 2.05) is 29.9 Å². The van der Waals surface area contributed by atoms with Crippen LogP contribution in [0.1, 0.15) is 12.1 Å². The van der Waals surface area contributed by atoms with Crippen molar-refractivity contribution < 1.29 is 4.74 Å². The van der Waals surface area contributed by atoms with Crippen LogP contribution in [0, 0.1) is 6.92 Å². The molecule has 3 aromatic heterocycles. The number of hydrogen-bond acceptors (Lipinski definition) is 5. The van der Waals surface area contributed by atoms with Gasteiger partial charge in [-0.3, -0.25) is 14.6 Å². The predicted molar refractivity (Wildman–Crippen MR) is 102 cm³/mol. The van der Waals surface area contributed by atoms with Crippen molar-refractivity contribution in [2.45, 2.75) is 26.0 Å². The first kappa shape index (κ1) is 17.4. The molecule has 0 saturated carbocycles. The molecule has 4 rings (SSSR count). The van der Waals surface area contributed by atoms with Crippen LogP contribution >= 0.6 is 11.6 Å². The Morgan fingerprint density at radius 2 is 2.08 bits per heavy atom. The fourth-order valence-electron chi connectivity index (χ4n) is 3.36. The quantitative estimate of drug-likeness (QED) is 0.623. The summed E-state index contributed by atoms with van der Waals surface area (Å²) in [6.45, 7) is 6.09. The lowest BCUT2D eigenvalue weighted by Crippen LogP contribution is -2.51. The number of ether oxygens (including phenoxy) is 1. The summed E-state index contributed by atoms with van der Waals surface area (Å²) in [5, 5.41) is 5.13. The van der Waals surface area contributed by atoms with Gasteiger partial charge in [-0.25, -0.2) is 4.98 Å². The summed E-state index contributed by atoms with van der Waals surface area (Å²) in [5.41, 5.74) is 4.74. The summed E-state index contributed by atoms with van der Waals surface area (Å²) < 4.78 is 7.33. The zero-order chi connectivity index (χ0) is 18.1. The van der Waals surface area contributed by atoms with Crippen LogP contribution in [0.3, 0.4) is 0 Å². The van der Waals surface area contributed by atoms with E-state index in [2.05, 4.69) is 26.2 Å². The Morgan fingerprint density at radius 1 is 1.23 bits per heavy atom. The highest BCUT2D eigenvalue weighted by Gasteiger charge is 2.25. The molecule has 1 fully saturated rings. The molecule has 0 amide bonds. The lowest BCUT2D eigenvalue weighted by molar-refractivity contribution is -0.0299. The van der Waals surface area contributed by atoms with E-state index < -0.39 is 0 Å². The van der Waals surface area contributed by atoms with Crippen LogP contribution in [0.5, 0.6) is 0 Å². The zero-order valence-corrected chi connectivity index (χ0v) is 15.8. The molecular weight excluding hydrogens is 350 g/mol. The molecule has 0 bridgehead atoms. The summed E-state index contributed by atoms with van der Waals surface area (Å²) in [4.78, 5) is 11.3. The predicted octanol–water partition coefficient (Wildman–Crippen LogP) is 3.18. The maximum absolute atomic E-state index is 6.00. The molecule has 0 radical (unpaired) electrons. The Kier molecular flexibility index (Phi) is 4.89. The van der Waals surface area contributed by atoms with Gasteiger partial charge in [-0.2, -0.15) is 5.10 Å². The summed E-state index contributed by atoms with van der Waals surface area (Å²) >= 11 is 6.00. The Bertz CT molecular complexity index is 919. The van der Waals surface area contributed by atoms with Gasteiger partial charge in [0.2, 0.25) is 0 Å². The molecule has 136 valence electrons. The van der Waals surface area contributed by atoms with Crippen molar-refractivity contribution in [3.63, 3.8) is 0 Å². The normalized spacial score (nSPS) is 15.5. The molecule has 0 aliphatic carbocycles. The first-order valence-corrected chi connectivity index (χ1v) is 9.22. The molecule has 6 nitrogen and oxygen atoms in total. The second-order valence-corrected chi connectivity index (χ2v) is 7.15. The van der Waals surface area contributed by atoms with E-state index in [1.165, 1.54) is 0 Å². The van der Waals surface area contributed by atoms with E-state index in [1.54, 1.807) is 13.2 Å². The number of likely N-dealkylation sites (tertiary alicyclic amines) is 1. The number of aryl methyl sites for hydroxylation is 2. The van der Waals surface area contributed by atoms with Gasteiger partial charge in [0.1, 0.15) is 5.15 Å². The molecule has 0 aromatic carbocycles. The van der Waals surface area contributed by atoms with E-state index in [4.69, 9.17) is 16.3 Å². The van der Waals surface area contributed by atoms with Crippen molar-refractivity contribution in [3.05, 3.63) is 41.4 Å². The lowest BCUT2D eigenvalue weighted by atomic mass is 10.1. The molecule has 3 aromatic rings. The average molecular weight is 372 g/mol. The Labute approximate surface area is 157 Å². The van der Waals surface area contributed by atoms with Gasteiger partial charge < -0.3 is 4.74 Å². The fraction of sp³-hybridized carbons (Fsp3) is 0.421. The van der Waals surface area contributed by atoms with Crippen LogP contribution < -0.4 is 0 Å². The van der Waals surface area contributed by atoms with E-state index in [0.29, 0.717) is 11.3 Å². The summed E-state index contributed by atoms with van der Waals surface area (Å²) in [7, 11) is 1.78. The Hall–Kier alpha value is -2.02. The summed E-state index contributed by atoms with van der Waals surface area (Å²) in [5.74, 6) is 0. The van der Waals surface area contributed by atoms with Gasteiger partial charge in [-0.15, -0.1) is 0 Å². The van der Waals surface area contributed by atoms with Crippen molar-refractivity contribution in [1.29, 1.82) is 0 Å². The molecule has 1 aliphatic heterocycles. The van der Waals surface area contributed by atoms with Crippen LogP contribution in [0.2, 0.25) is 5.15 Å². The van der Waals surface area contributed by atoms with Gasteiger partial charge >= 0.3 is 0 Å². The smallest absolute Gasteiger partial charge is 0.129 e. The van der Waals surface area contributed by atoms with Gasteiger partial charge in [0.05, 0.1) is 22.8 Å². The van der Waals surface area contributed by atoms with Gasteiger partial charge in [0.25, 0.3) is 0 Å². The monoisotopic (exact) mass is 371 g/mol. The second-order valence-electron chi connectivity index (χ2n) is 6.76. The van der Waals surface area contributed by atoms with Crippen molar-refractivity contribution in [3.8, 4) is 11.1 Å². The average Bonchev–Trinajstić information content (AvgIpc) is 2.97. The molecule has 1 aliphatic rings. The third-order valence-electron chi connectivity index (χ3n) is 4.88. The van der Waals surface area contributed by atoms with Crippen LogP contribution in [-0.4, -0.2) is 57.5 Å². The number of halogens is 1. The third kappa shape index (κ3) is 3.58. The highest BCUT2D eigenvalue weighted by Crippen LogP contribution is 2.25. The van der Waals surface area contributed by atoms with Gasteiger partial charge in [-0.05, 0) is 31.5 Å². The minimum Gasteiger partial charge on any atom is -0.379 e. The van der Waals surface area contributed by atoms with E-state index in [9.17, 15) is 0 Å². The number of fused-ring (bicyclic) bond motifs is 1. The topological polar surface area (TPSA) is 56.1 Å². The first-order chi connectivity index (χ1) is 12.6. The lowest BCUT2D eigenvalue weighted by Gasteiger charge is -2.38. The minimum atomic E-state index is 0.413. The molecule has 1 saturated heterocycles. The standard InChI is InChI=1S/C19H22ClN5O/c1-13-16(14-8-18-17(21-9-14)4-5-19(20)22-18)12-25(23-13)7-3-6-24-10-15(11-24)26-2/h4-5,8-9,12,15H,3,6-7,10-11H2,1-2H3. The maximum atomic E-state index is 6.00. The molecular formula is C19H22ClN5O. The highest BCUT2D eigenvalue weighted by atomic mass is 35.5. The number of pyridine rings is 2. The van der Waals surface area contributed by atoms with Crippen LogP contribution in [0.25, 0.3) is 22.2 Å². The summed E-state index contributed by atoms with van der Waals surface area (Å²) in [6, 6.07) is 5.66. The molecule has 26 heavy (non-hydrogen) atoms. The van der Waals surface area contributed by atoms with E-state index in [0.717, 1.165) is 60.5 Å². The molecule has 4 heterocycles.